The first-order valence-electron chi connectivity index (χ1n) is 10.1. The molecule has 156 valence electrons. The summed E-state index contributed by atoms with van der Waals surface area (Å²) in [6, 6.07) is 4.02. The lowest BCUT2D eigenvalue weighted by atomic mass is 10.0. The number of carbonyl (C=O) groups excluding carboxylic acids is 2. The van der Waals surface area contributed by atoms with Crippen LogP contribution in [0.25, 0.3) is 22.0 Å². The van der Waals surface area contributed by atoms with E-state index in [0.717, 1.165) is 35.2 Å². The van der Waals surface area contributed by atoms with E-state index in [1.165, 1.54) is 13.1 Å². The van der Waals surface area contributed by atoms with Gasteiger partial charge >= 0.3 is 5.69 Å². The van der Waals surface area contributed by atoms with Crippen molar-refractivity contribution in [3.63, 3.8) is 0 Å². The molecule has 3 aromatic rings. The summed E-state index contributed by atoms with van der Waals surface area (Å²) < 4.78 is 1.65. The number of aromatic nitrogens is 4. The fourth-order valence-corrected chi connectivity index (χ4v) is 4.43. The van der Waals surface area contributed by atoms with E-state index in [1.807, 2.05) is 24.0 Å². The molecule has 0 bridgehead atoms. The second kappa shape index (κ2) is 7.51. The summed E-state index contributed by atoms with van der Waals surface area (Å²) in [5.41, 5.74) is 3.14. The largest absolute Gasteiger partial charge is 0.344 e. The molecule has 0 saturated carbocycles. The highest BCUT2D eigenvalue weighted by Gasteiger charge is 2.30. The fraction of sp³-hybridized carbons (Fsp3) is 0.409. The van der Waals surface area contributed by atoms with Gasteiger partial charge in [-0.05, 0) is 49.4 Å². The molecule has 1 aromatic carbocycles. The Bertz CT molecular complexity index is 1190. The Hall–Kier alpha value is -3.29. The van der Waals surface area contributed by atoms with E-state index >= 15 is 0 Å². The monoisotopic (exact) mass is 407 g/mol. The van der Waals surface area contributed by atoms with Crippen molar-refractivity contribution in [3.05, 3.63) is 46.3 Å². The number of nitrogens with zero attached hydrogens (tertiary/aromatic N) is 4. The Balaban J connectivity index is 1.78. The number of hydrogen-bond acceptors (Lipinski definition) is 5. The Morgan fingerprint density at radius 3 is 2.60 bits per heavy atom. The van der Waals surface area contributed by atoms with E-state index in [-0.39, 0.29) is 24.3 Å². The number of amides is 1. The van der Waals surface area contributed by atoms with Gasteiger partial charge in [-0.1, -0.05) is 6.92 Å². The SMILES string of the molecule is CC(=O)c1nn(CC(=O)N2CC(C)CC2C)c2c(C)cc(-c3cnc(=O)[nH]c3)cc12. The standard InChI is InChI=1S/C22H25N5O3/c1-12-5-14(3)26(10-12)19(29)11-27-21-13(2)6-16(17-8-23-22(30)24-9-17)7-18(21)20(25-27)15(4)28/h6-9,12,14H,5,10-11H2,1-4H3,(H,23,24,30). The number of rotatable bonds is 4. The average Bonchev–Trinajstić information content (AvgIpc) is 3.22. The van der Waals surface area contributed by atoms with E-state index in [2.05, 4.69) is 28.9 Å². The van der Waals surface area contributed by atoms with Crippen molar-refractivity contribution in [1.29, 1.82) is 0 Å². The van der Waals surface area contributed by atoms with Crippen LogP contribution in [0.3, 0.4) is 0 Å². The van der Waals surface area contributed by atoms with Crippen LogP contribution in [0.5, 0.6) is 0 Å². The number of hydrogen-bond donors (Lipinski definition) is 1. The maximum absolute atomic E-state index is 13.0. The highest BCUT2D eigenvalue weighted by atomic mass is 16.2. The van der Waals surface area contributed by atoms with Crippen molar-refractivity contribution in [2.24, 2.45) is 5.92 Å². The second-order valence-corrected chi connectivity index (χ2v) is 8.30. The number of nitrogens with one attached hydrogen (secondary N) is 1. The lowest BCUT2D eigenvalue weighted by Gasteiger charge is -2.21. The number of aromatic amines is 1. The molecule has 1 N–H and O–H groups in total. The van der Waals surface area contributed by atoms with Gasteiger partial charge in [-0.3, -0.25) is 14.3 Å². The summed E-state index contributed by atoms with van der Waals surface area (Å²) in [7, 11) is 0. The van der Waals surface area contributed by atoms with Crippen LogP contribution in [-0.4, -0.2) is 48.9 Å². The van der Waals surface area contributed by atoms with Gasteiger partial charge in [0, 0.05) is 42.9 Å². The molecule has 0 spiro atoms. The Labute approximate surface area is 173 Å². The molecule has 4 rings (SSSR count). The van der Waals surface area contributed by atoms with Gasteiger partial charge in [0.2, 0.25) is 5.91 Å². The number of H-pyrrole nitrogens is 1. The van der Waals surface area contributed by atoms with Gasteiger partial charge in [-0.15, -0.1) is 0 Å². The van der Waals surface area contributed by atoms with Crippen LogP contribution < -0.4 is 5.69 Å². The molecule has 0 radical (unpaired) electrons. The van der Waals surface area contributed by atoms with Gasteiger partial charge in [-0.25, -0.2) is 9.78 Å². The highest BCUT2D eigenvalue weighted by molar-refractivity contribution is 6.06. The topological polar surface area (TPSA) is 101 Å². The lowest BCUT2D eigenvalue weighted by Crippen LogP contribution is -2.36. The van der Waals surface area contributed by atoms with Crippen LogP contribution in [0.15, 0.2) is 29.3 Å². The van der Waals surface area contributed by atoms with E-state index in [0.29, 0.717) is 17.0 Å². The van der Waals surface area contributed by atoms with Crippen LogP contribution in [-0.2, 0) is 11.3 Å². The first-order valence-corrected chi connectivity index (χ1v) is 10.1. The third-order valence-electron chi connectivity index (χ3n) is 5.76. The summed E-state index contributed by atoms with van der Waals surface area (Å²) in [6.07, 6.45) is 4.09. The van der Waals surface area contributed by atoms with E-state index in [1.54, 1.807) is 10.9 Å². The minimum Gasteiger partial charge on any atom is -0.338 e. The van der Waals surface area contributed by atoms with Gasteiger partial charge in [0.1, 0.15) is 12.2 Å². The Morgan fingerprint density at radius 1 is 1.23 bits per heavy atom. The maximum atomic E-state index is 13.0. The molecule has 30 heavy (non-hydrogen) atoms. The van der Waals surface area contributed by atoms with Gasteiger partial charge in [-0.2, -0.15) is 5.10 Å². The second-order valence-electron chi connectivity index (χ2n) is 8.30. The number of ketones is 1. The minimum absolute atomic E-state index is 0.0136. The Morgan fingerprint density at radius 2 is 2.00 bits per heavy atom. The van der Waals surface area contributed by atoms with Gasteiger partial charge < -0.3 is 9.88 Å². The molecule has 2 atom stereocenters. The van der Waals surface area contributed by atoms with Crippen molar-refractivity contribution in [1.82, 2.24) is 24.6 Å². The number of benzene rings is 1. The average molecular weight is 407 g/mol. The highest BCUT2D eigenvalue weighted by Crippen LogP contribution is 2.30. The van der Waals surface area contributed by atoms with Gasteiger partial charge in [0.15, 0.2) is 5.78 Å². The summed E-state index contributed by atoms with van der Waals surface area (Å²) in [5.74, 6) is 0.339. The molecule has 1 amide bonds. The Kier molecular flexibility index (Phi) is 5.01. The van der Waals surface area contributed by atoms with E-state index in [4.69, 9.17) is 0 Å². The van der Waals surface area contributed by atoms with E-state index < -0.39 is 5.69 Å². The lowest BCUT2D eigenvalue weighted by molar-refractivity contribution is -0.132. The maximum Gasteiger partial charge on any atom is 0.344 e. The first-order chi connectivity index (χ1) is 14.2. The number of fused-ring (bicyclic) bond motifs is 1. The first kappa shape index (κ1) is 20.0. The summed E-state index contributed by atoms with van der Waals surface area (Å²) in [6.45, 7) is 8.47. The molecule has 2 unspecified atom stereocenters. The van der Waals surface area contributed by atoms with Crippen molar-refractivity contribution in [3.8, 4) is 11.1 Å². The molecule has 1 saturated heterocycles. The van der Waals surface area contributed by atoms with E-state index in [9.17, 15) is 14.4 Å². The fourth-order valence-electron chi connectivity index (χ4n) is 4.43. The predicted octanol–water partition coefficient (Wildman–Crippen LogP) is 2.55. The van der Waals surface area contributed by atoms with Crippen molar-refractivity contribution < 1.29 is 9.59 Å². The molecule has 1 aliphatic rings. The molecule has 2 aromatic heterocycles. The number of carbonyl (C=O) groups is 2. The molecular formula is C22H25N5O3. The third kappa shape index (κ3) is 3.53. The van der Waals surface area contributed by atoms with Crippen molar-refractivity contribution >= 4 is 22.6 Å². The molecule has 8 heteroatoms. The zero-order chi connectivity index (χ0) is 21.6. The molecule has 8 nitrogen and oxygen atoms in total. The van der Waals surface area contributed by atoms with Crippen molar-refractivity contribution in [2.45, 2.75) is 46.7 Å². The normalized spacial score (nSPS) is 18.9. The molecular weight excluding hydrogens is 382 g/mol. The summed E-state index contributed by atoms with van der Waals surface area (Å²) >= 11 is 0. The van der Waals surface area contributed by atoms with Crippen LogP contribution in [0.4, 0.5) is 0 Å². The van der Waals surface area contributed by atoms with Gasteiger partial charge in [0.05, 0.1) is 5.52 Å². The smallest absolute Gasteiger partial charge is 0.338 e. The van der Waals surface area contributed by atoms with Crippen LogP contribution in [0, 0.1) is 12.8 Å². The summed E-state index contributed by atoms with van der Waals surface area (Å²) in [5, 5.41) is 5.19. The van der Waals surface area contributed by atoms with Gasteiger partial charge in [0.25, 0.3) is 0 Å². The minimum atomic E-state index is -0.419. The van der Waals surface area contributed by atoms with Crippen LogP contribution >= 0.6 is 0 Å². The van der Waals surface area contributed by atoms with Crippen LogP contribution in [0.2, 0.25) is 0 Å². The summed E-state index contributed by atoms with van der Waals surface area (Å²) in [4.78, 5) is 44.8. The zero-order valence-corrected chi connectivity index (χ0v) is 17.6. The quantitative estimate of drug-likeness (QED) is 0.670. The molecule has 1 aliphatic heterocycles. The molecule has 3 heterocycles. The number of aryl methyl sites for hydroxylation is 1. The molecule has 1 fully saturated rings. The zero-order valence-electron chi connectivity index (χ0n) is 17.6. The van der Waals surface area contributed by atoms with Crippen molar-refractivity contribution in [2.75, 3.05) is 6.54 Å². The number of likely N-dealkylation sites (tertiary alicyclic amines) is 1. The van der Waals surface area contributed by atoms with Crippen LogP contribution in [0.1, 0.15) is 43.2 Å². The predicted molar refractivity (Wildman–Crippen MR) is 113 cm³/mol. The number of Topliss-reactive ketones (excluding diaryl/α,β-unsaturated/α-hetero) is 1. The molecule has 0 aliphatic carbocycles. The third-order valence-corrected chi connectivity index (χ3v) is 5.76.